The zero-order chi connectivity index (χ0) is 17.7. The van der Waals surface area contributed by atoms with Gasteiger partial charge in [0.15, 0.2) is 11.6 Å². The quantitative estimate of drug-likeness (QED) is 0.578. The molecule has 24 heavy (non-hydrogen) atoms. The molecule has 0 heterocycles. The minimum absolute atomic E-state index is 0.205. The second kappa shape index (κ2) is 8.02. The highest BCUT2D eigenvalue weighted by molar-refractivity contribution is 6.31. The smallest absolute Gasteiger partial charge is 0.167 e. The number of hydrogen-bond donors (Lipinski definition) is 1. The first-order valence-corrected chi connectivity index (χ1v) is 7.97. The molecular formula is C18H21ClFN3O. The Morgan fingerprint density at radius 2 is 2.08 bits per heavy atom. The average Bonchev–Trinajstić information content (AvgIpc) is 2.56. The van der Waals surface area contributed by atoms with E-state index in [4.69, 9.17) is 16.3 Å². The van der Waals surface area contributed by atoms with Gasteiger partial charge in [0, 0.05) is 36.1 Å². The molecule has 0 atom stereocenters. The largest absolute Gasteiger partial charge is 0.494 e. The molecular weight excluding hydrogens is 329 g/mol. The average molecular weight is 350 g/mol. The van der Waals surface area contributed by atoms with Gasteiger partial charge in [-0.1, -0.05) is 11.6 Å². The zero-order valence-electron chi connectivity index (χ0n) is 14.2. The van der Waals surface area contributed by atoms with Crippen LogP contribution in [0.15, 0.2) is 35.3 Å². The molecule has 2 rings (SSSR count). The Bertz CT molecular complexity index is 749. The van der Waals surface area contributed by atoms with Gasteiger partial charge in [0.1, 0.15) is 0 Å². The topological polar surface area (TPSA) is 36.9 Å². The van der Waals surface area contributed by atoms with Crippen molar-refractivity contribution in [1.29, 1.82) is 0 Å². The van der Waals surface area contributed by atoms with Crippen LogP contribution in [0, 0.1) is 12.7 Å². The van der Waals surface area contributed by atoms with Crippen molar-refractivity contribution in [2.45, 2.75) is 13.8 Å². The third kappa shape index (κ3) is 4.38. The number of benzene rings is 2. The van der Waals surface area contributed by atoms with Gasteiger partial charge in [-0.15, -0.1) is 0 Å². The van der Waals surface area contributed by atoms with E-state index >= 15 is 0 Å². The van der Waals surface area contributed by atoms with E-state index in [-0.39, 0.29) is 5.75 Å². The van der Waals surface area contributed by atoms with Crippen LogP contribution >= 0.6 is 11.6 Å². The van der Waals surface area contributed by atoms with Crippen LogP contribution in [-0.2, 0) is 0 Å². The number of halogens is 2. The fraction of sp³-hybridized carbons (Fsp3) is 0.278. The Labute approximate surface area is 146 Å². The number of nitrogens with one attached hydrogen (secondary N) is 1. The molecule has 0 aliphatic rings. The fourth-order valence-electron chi connectivity index (χ4n) is 2.07. The van der Waals surface area contributed by atoms with Gasteiger partial charge in [0.25, 0.3) is 0 Å². The predicted molar refractivity (Wildman–Crippen MR) is 98.9 cm³/mol. The summed E-state index contributed by atoms with van der Waals surface area (Å²) in [7, 11) is 3.38. The summed E-state index contributed by atoms with van der Waals surface area (Å²) < 4.78 is 18.8. The molecule has 4 nitrogen and oxygen atoms in total. The van der Waals surface area contributed by atoms with Gasteiger partial charge in [-0.25, -0.2) is 9.38 Å². The minimum Gasteiger partial charge on any atom is -0.494 e. The van der Waals surface area contributed by atoms with Gasteiger partial charge < -0.3 is 15.0 Å². The van der Waals surface area contributed by atoms with Crippen LogP contribution in [0.2, 0.25) is 5.02 Å². The third-order valence-corrected chi connectivity index (χ3v) is 3.89. The fourth-order valence-corrected chi connectivity index (χ4v) is 2.28. The van der Waals surface area contributed by atoms with Crippen molar-refractivity contribution in [3.05, 3.63) is 46.7 Å². The van der Waals surface area contributed by atoms with Gasteiger partial charge >= 0.3 is 0 Å². The number of hydrogen-bond acceptors (Lipinski definition) is 3. The molecule has 0 fully saturated rings. The molecule has 0 amide bonds. The van der Waals surface area contributed by atoms with E-state index in [1.807, 2.05) is 25.8 Å². The van der Waals surface area contributed by atoms with Gasteiger partial charge in [-0.05, 0) is 43.7 Å². The standard InChI is InChI=1S/C18H21ClFN3O/c1-5-23(3)11-21-16-8-13(19)9-17(12(16)2)22-14-6-7-18(24-4)15(20)10-14/h6-11,22H,5H2,1-4H3/b21-11-. The van der Waals surface area contributed by atoms with Crippen molar-refractivity contribution in [2.75, 3.05) is 26.0 Å². The molecule has 2 aromatic rings. The van der Waals surface area contributed by atoms with E-state index in [1.54, 1.807) is 30.6 Å². The SMILES string of the molecule is CCN(C)/C=N\c1cc(Cl)cc(Nc2ccc(OC)c(F)c2)c1C. The number of rotatable bonds is 6. The highest BCUT2D eigenvalue weighted by Gasteiger charge is 2.09. The van der Waals surface area contributed by atoms with E-state index in [0.29, 0.717) is 10.7 Å². The van der Waals surface area contributed by atoms with Gasteiger partial charge in [-0.2, -0.15) is 0 Å². The van der Waals surface area contributed by atoms with Crippen molar-refractivity contribution in [3.63, 3.8) is 0 Å². The minimum atomic E-state index is -0.426. The van der Waals surface area contributed by atoms with E-state index in [0.717, 1.165) is 23.5 Å². The molecule has 0 saturated carbocycles. The third-order valence-electron chi connectivity index (χ3n) is 3.67. The zero-order valence-corrected chi connectivity index (χ0v) is 15.0. The number of ether oxygens (including phenoxy) is 1. The van der Waals surface area contributed by atoms with E-state index < -0.39 is 5.82 Å². The van der Waals surface area contributed by atoms with Crippen LogP contribution in [0.5, 0.6) is 5.75 Å². The summed E-state index contributed by atoms with van der Waals surface area (Å²) in [6.45, 7) is 4.85. The Morgan fingerprint density at radius 3 is 2.71 bits per heavy atom. The number of methoxy groups -OCH3 is 1. The van der Waals surface area contributed by atoms with Crippen molar-refractivity contribution in [3.8, 4) is 5.75 Å². The lowest BCUT2D eigenvalue weighted by atomic mass is 10.1. The lowest BCUT2D eigenvalue weighted by Crippen LogP contribution is -2.14. The van der Waals surface area contributed by atoms with E-state index in [1.165, 1.54) is 13.2 Å². The lowest BCUT2D eigenvalue weighted by molar-refractivity contribution is 0.386. The molecule has 6 heteroatoms. The first-order valence-electron chi connectivity index (χ1n) is 7.59. The normalized spacial score (nSPS) is 10.9. The van der Waals surface area contributed by atoms with Crippen molar-refractivity contribution < 1.29 is 9.13 Å². The first-order chi connectivity index (χ1) is 11.4. The Balaban J connectivity index is 2.32. The van der Waals surface area contributed by atoms with Crippen LogP contribution in [-0.4, -0.2) is 31.9 Å². The van der Waals surface area contributed by atoms with E-state index in [9.17, 15) is 4.39 Å². The molecule has 0 aliphatic heterocycles. The Hall–Kier alpha value is -2.27. The maximum absolute atomic E-state index is 13.8. The number of nitrogens with zero attached hydrogens (tertiary/aromatic N) is 2. The van der Waals surface area contributed by atoms with Crippen molar-refractivity contribution in [2.24, 2.45) is 4.99 Å². The van der Waals surface area contributed by atoms with Crippen LogP contribution in [0.1, 0.15) is 12.5 Å². The predicted octanol–water partition coefficient (Wildman–Crippen LogP) is 5.15. The molecule has 0 aliphatic carbocycles. The van der Waals surface area contributed by atoms with Crippen LogP contribution in [0.3, 0.4) is 0 Å². The second-order valence-corrected chi connectivity index (χ2v) is 5.83. The molecule has 0 bridgehead atoms. The van der Waals surface area contributed by atoms with E-state index in [2.05, 4.69) is 10.3 Å². The summed E-state index contributed by atoms with van der Waals surface area (Å²) in [5, 5.41) is 3.74. The van der Waals surface area contributed by atoms with Gasteiger partial charge in [-0.3, -0.25) is 0 Å². The second-order valence-electron chi connectivity index (χ2n) is 5.39. The lowest BCUT2D eigenvalue weighted by Gasteiger charge is -2.14. The molecule has 0 aromatic heterocycles. The van der Waals surface area contributed by atoms with Gasteiger partial charge in [0.05, 0.1) is 19.1 Å². The highest BCUT2D eigenvalue weighted by Crippen LogP contribution is 2.33. The highest BCUT2D eigenvalue weighted by atomic mass is 35.5. The molecule has 1 N–H and O–H groups in total. The monoisotopic (exact) mass is 349 g/mol. The maximum atomic E-state index is 13.8. The molecule has 0 unspecified atom stereocenters. The summed E-state index contributed by atoms with van der Waals surface area (Å²) in [6, 6.07) is 8.30. The molecule has 0 radical (unpaired) electrons. The Kier molecular flexibility index (Phi) is 6.04. The summed E-state index contributed by atoms with van der Waals surface area (Å²) in [5.41, 5.74) is 3.08. The molecule has 128 valence electrons. The molecule has 0 spiro atoms. The first kappa shape index (κ1) is 18.1. The van der Waals surface area contributed by atoms with Crippen LogP contribution in [0.4, 0.5) is 21.5 Å². The van der Waals surface area contributed by atoms with Crippen molar-refractivity contribution >= 4 is 35.0 Å². The number of anilines is 2. The van der Waals surface area contributed by atoms with Crippen LogP contribution < -0.4 is 10.1 Å². The van der Waals surface area contributed by atoms with Gasteiger partial charge in [0.2, 0.25) is 0 Å². The molecule has 0 saturated heterocycles. The van der Waals surface area contributed by atoms with Crippen LogP contribution in [0.25, 0.3) is 0 Å². The maximum Gasteiger partial charge on any atom is 0.167 e. The summed E-state index contributed by atoms with van der Waals surface area (Å²) >= 11 is 6.19. The molecule has 2 aromatic carbocycles. The summed E-state index contributed by atoms with van der Waals surface area (Å²) in [4.78, 5) is 6.43. The summed E-state index contributed by atoms with van der Waals surface area (Å²) in [5.74, 6) is -0.221. The number of aliphatic imine (C=N–C) groups is 1. The Morgan fingerprint density at radius 1 is 1.33 bits per heavy atom. The van der Waals surface area contributed by atoms with Crippen molar-refractivity contribution in [1.82, 2.24) is 4.90 Å². The summed E-state index contributed by atoms with van der Waals surface area (Å²) in [6.07, 6.45) is 1.76.